The SMILES string of the molecule is COc1ccc(-n2c(C)nnc2SCC(=O)Nc2nc3c(s2)CCCC3)cc1. The summed E-state index contributed by atoms with van der Waals surface area (Å²) in [6.45, 7) is 1.89. The van der Waals surface area contributed by atoms with Gasteiger partial charge in [0.05, 0.1) is 18.6 Å². The van der Waals surface area contributed by atoms with Gasteiger partial charge in [-0.05, 0) is 56.9 Å². The number of rotatable bonds is 6. The van der Waals surface area contributed by atoms with E-state index in [9.17, 15) is 4.79 Å². The number of carbonyl (C=O) groups is 1. The van der Waals surface area contributed by atoms with Crippen LogP contribution in [0.3, 0.4) is 0 Å². The molecule has 2 aromatic heterocycles. The number of methoxy groups -OCH3 is 1. The van der Waals surface area contributed by atoms with Crippen LogP contribution in [0, 0.1) is 6.92 Å². The number of anilines is 1. The molecule has 1 aliphatic carbocycles. The van der Waals surface area contributed by atoms with Gasteiger partial charge in [0.2, 0.25) is 5.91 Å². The number of nitrogens with zero attached hydrogens (tertiary/aromatic N) is 4. The fourth-order valence-electron chi connectivity index (χ4n) is 3.16. The summed E-state index contributed by atoms with van der Waals surface area (Å²) in [6.07, 6.45) is 4.47. The summed E-state index contributed by atoms with van der Waals surface area (Å²) in [5.41, 5.74) is 2.08. The number of hydrogen-bond donors (Lipinski definition) is 1. The van der Waals surface area contributed by atoms with E-state index in [0.29, 0.717) is 10.3 Å². The molecule has 0 radical (unpaired) electrons. The van der Waals surface area contributed by atoms with Gasteiger partial charge in [0.25, 0.3) is 0 Å². The van der Waals surface area contributed by atoms with E-state index in [2.05, 4.69) is 20.5 Å². The highest BCUT2D eigenvalue weighted by atomic mass is 32.2. The Morgan fingerprint density at radius 2 is 2.04 bits per heavy atom. The monoisotopic (exact) mass is 415 g/mol. The Hall–Kier alpha value is -2.39. The topological polar surface area (TPSA) is 81.9 Å². The first-order chi connectivity index (χ1) is 13.6. The summed E-state index contributed by atoms with van der Waals surface area (Å²) in [5, 5.41) is 12.7. The molecule has 146 valence electrons. The van der Waals surface area contributed by atoms with Gasteiger partial charge in [0.1, 0.15) is 11.6 Å². The standard InChI is InChI=1S/C19H21N5O2S2/c1-12-22-23-19(24(12)13-7-9-14(26-2)10-8-13)27-11-17(25)21-18-20-15-5-3-4-6-16(15)28-18/h7-10H,3-6,11H2,1-2H3,(H,20,21,25). The van der Waals surface area contributed by atoms with E-state index in [-0.39, 0.29) is 11.7 Å². The maximum absolute atomic E-state index is 12.4. The number of amides is 1. The summed E-state index contributed by atoms with van der Waals surface area (Å²) in [6, 6.07) is 7.67. The lowest BCUT2D eigenvalue weighted by Gasteiger charge is -2.09. The molecule has 1 amide bonds. The van der Waals surface area contributed by atoms with Crippen molar-refractivity contribution in [2.75, 3.05) is 18.2 Å². The Bertz CT molecular complexity index is 957. The van der Waals surface area contributed by atoms with E-state index in [1.165, 1.54) is 29.5 Å². The molecular formula is C19H21N5O2S2. The van der Waals surface area contributed by atoms with E-state index in [1.807, 2.05) is 35.8 Å². The maximum Gasteiger partial charge on any atom is 0.236 e. The van der Waals surface area contributed by atoms with Crippen LogP contribution in [0.4, 0.5) is 5.13 Å². The molecule has 7 nitrogen and oxygen atoms in total. The van der Waals surface area contributed by atoms with Gasteiger partial charge in [-0.3, -0.25) is 9.36 Å². The third-order valence-electron chi connectivity index (χ3n) is 4.55. The predicted octanol–water partition coefficient (Wildman–Crippen LogP) is 3.65. The van der Waals surface area contributed by atoms with Crippen molar-refractivity contribution in [3.05, 3.63) is 40.7 Å². The summed E-state index contributed by atoms with van der Waals surface area (Å²) in [5.74, 6) is 1.71. The first-order valence-electron chi connectivity index (χ1n) is 9.11. The fraction of sp³-hybridized carbons (Fsp3) is 0.368. The van der Waals surface area contributed by atoms with E-state index >= 15 is 0 Å². The molecule has 1 aromatic carbocycles. The minimum atomic E-state index is -0.0852. The molecule has 4 rings (SSSR count). The van der Waals surface area contributed by atoms with E-state index < -0.39 is 0 Å². The van der Waals surface area contributed by atoms with Crippen LogP contribution < -0.4 is 10.1 Å². The average molecular weight is 416 g/mol. The highest BCUT2D eigenvalue weighted by Gasteiger charge is 2.17. The number of hydrogen-bond acceptors (Lipinski definition) is 7. The van der Waals surface area contributed by atoms with Crippen LogP contribution in [0.25, 0.3) is 5.69 Å². The van der Waals surface area contributed by atoms with Gasteiger partial charge in [-0.15, -0.1) is 21.5 Å². The Kier molecular flexibility index (Phi) is 5.63. The summed E-state index contributed by atoms with van der Waals surface area (Å²) >= 11 is 2.95. The van der Waals surface area contributed by atoms with Crippen molar-refractivity contribution in [2.24, 2.45) is 0 Å². The van der Waals surface area contributed by atoms with Crippen LogP contribution in [-0.4, -0.2) is 38.5 Å². The molecule has 1 N–H and O–H groups in total. The van der Waals surface area contributed by atoms with Crippen LogP contribution in [0.2, 0.25) is 0 Å². The first-order valence-corrected chi connectivity index (χ1v) is 10.9. The first kappa shape index (κ1) is 18.9. The zero-order valence-corrected chi connectivity index (χ0v) is 17.4. The quantitative estimate of drug-likeness (QED) is 0.619. The molecule has 1 aliphatic rings. The molecule has 0 saturated heterocycles. The second kappa shape index (κ2) is 8.32. The number of thiazole rings is 1. The van der Waals surface area contributed by atoms with Gasteiger partial charge < -0.3 is 10.1 Å². The zero-order valence-electron chi connectivity index (χ0n) is 15.8. The highest BCUT2D eigenvalue weighted by Crippen LogP contribution is 2.30. The minimum absolute atomic E-state index is 0.0852. The van der Waals surface area contributed by atoms with Crippen molar-refractivity contribution < 1.29 is 9.53 Å². The van der Waals surface area contributed by atoms with Crippen molar-refractivity contribution in [1.82, 2.24) is 19.7 Å². The van der Waals surface area contributed by atoms with Crippen molar-refractivity contribution in [3.8, 4) is 11.4 Å². The van der Waals surface area contributed by atoms with Gasteiger partial charge in [-0.2, -0.15) is 0 Å². The van der Waals surface area contributed by atoms with Crippen LogP contribution in [0.5, 0.6) is 5.75 Å². The Morgan fingerprint density at radius 3 is 2.79 bits per heavy atom. The van der Waals surface area contributed by atoms with E-state index in [0.717, 1.165) is 35.8 Å². The van der Waals surface area contributed by atoms with Gasteiger partial charge >= 0.3 is 0 Å². The Labute approximate surface area is 171 Å². The number of aromatic nitrogens is 4. The molecular weight excluding hydrogens is 394 g/mol. The molecule has 0 spiro atoms. The van der Waals surface area contributed by atoms with Crippen molar-refractivity contribution >= 4 is 34.1 Å². The second-order valence-corrected chi connectivity index (χ2v) is 8.52. The molecule has 9 heteroatoms. The Balaban J connectivity index is 1.42. The smallest absolute Gasteiger partial charge is 0.236 e. The van der Waals surface area contributed by atoms with Crippen molar-refractivity contribution in [2.45, 2.75) is 37.8 Å². The normalized spacial score (nSPS) is 13.2. The lowest BCUT2D eigenvalue weighted by Crippen LogP contribution is -2.14. The molecule has 0 fully saturated rings. The number of benzene rings is 1. The lowest BCUT2D eigenvalue weighted by molar-refractivity contribution is -0.113. The van der Waals surface area contributed by atoms with Gasteiger partial charge in [0, 0.05) is 10.6 Å². The number of carbonyl (C=O) groups excluding carboxylic acids is 1. The summed E-state index contributed by atoms with van der Waals surface area (Å²) < 4.78 is 7.14. The molecule has 0 atom stereocenters. The summed E-state index contributed by atoms with van der Waals surface area (Å²) in [4.78, 5) is 18.3. The third-order valence-corrected chi connectivity index (χ3v) is 6.55. The highest BCUT2D eigenvalue weighted by molar-refractivity contribution is 7.99. The molecule has 0 aliphatic heterocycles. The number of nitrogens with one attached hydrogen (secondary N) is 1. The lowest BCUT2D eigenvalue weighted by atomic mass is 10.0. The van der Waals surface area contributed by atoms with Crippen molar-refractivity contribution in [3.63, 3.8) is 0 Å². The number of thioether (sulfide) groups is 1. The maximum atomic E-state index is 12.4. The van der Waals surface area contributed by atoms with Gasteiger partial charge in [-0.1, -0.05) is 11.8 Å². The number of fused-ring (bicyclic) bond motifs is 1. The van der Waals surface area contributed by atoms with Gasteiger partial charge in [-0.25, -0.2) is 4.98 Å². The van der Waals surface area contributed by atoms with Gasteiger partial charge in [0.15, 0.2) is 10.3 Å². The summed E-state index contributed by atoms with van der Waals surface area (Å²) in [7, 11) is 1.64. The zero-order chi connectivity index (χ0) is 19.5. The minimum Gasteiger partial charge on any atom is -0.497 e. The molecule has 2 heterocycles. The van der Waals surface area contributed by atoms with Crippen LogP contribution in [-0.2, 0) is 17.6 Å². The average Bonchev–Trinajstić information content (AvgIpc) is 3.29. The molecule has 0 bridgehead atoms. The molecule has 0 saturated carbocycles. The largest absolute Gasteiger partial charge is 0.497 e. The van der Waals surface area contributed by atoms with E-state index in [1.54, 1.807) is 18.4 Å². The predicted molar refractivity (Wildman–Crippen MR) is 111 cm³/mol. The van der Waals surface area contributed by atoms with Crippen LogP contribution in [0.1, 0.15) is 29.2 Å². The van der Waals surface area contributed by atoms with E-state index in [4.69, 9.17) is 4.74 Å². The van der Waals surface area contributed by atoms with Crippen molar-refractivity contribution in [1.29, 1.82) is 0 Å². The molecule has 0 unspecified atom stereocenters. The second-order valence-electron chi connectivity index (χ2n) is 6.50. The van der Waals surface area contributed by atoms with Crippen LogP contribution >= 0.6 is 23.1 Å². The molecule has 28 heavy (non-hydrogen) atoms. The number of ether oxygens (including phenoxy) is 1. The third kappa shape index (κ3) is 4.05. The van der Waals surface area contributed by atoms with Crippen LogP contribution in [0.15, 0.2) is 29.4 Å². The Morgan fingerprint density at radius 1 is 1.25 bits per heavy atom. The number of aryl methyl sites for hydroxylation is 3. The molecule has 3 aromatic rings. The fourth-order valence-corrected chi connectivity index (χ4v) is 5.02.